The summed E-state index contributed by atoms with van der Waals surface area (Å²) in [5, 5.41) is 11.6. The molecule has 0 bridgehead atoms. The maximum Gasteiger partial charge on any atom is 0.167 e. The fourth-order valence-electron chi connectivity index (χ4n) is 1.84. The van der Waals surface area contributed by atoms with Gasteiger partial charge in [-0.15, -0.1) is 0 Å². The Morgan fingerprint density at radius 2 is 1.95 bits per heavy atom. The van der Waals surface area contributed by atoms with Crippen molar-refractivity contribution in [2.24, 2.45) is 0 Å². The van der Waals surface area contributed by atoms with Crippen molar-refractivity contribution in [1.29, 1.82) is 5.26 Å². The van der Waals surface area contributed by atoms with E-state index < -0.39 is 11.6 Å². The molecule has 21 heavy (non-hydrogen) atoms. The van der Waals surface area contributed by atoms with Crippen LogP contribution in [0.3, 0.4) is 0 Å². The second-order valence-corrected chi connectivity index (χ2v) is 4.35. The molecule has 108 valence electrons. The Hall–Kier alpha value is -2.61. The van der Waals surface area contributed by atoms with E-state index in [2.05, 4.69) is 5.32 Å². The molecule has 3 nitrogen and oxygen atoms in total. The zero-order chi connectivity index (χ0) is 15.2. The lowest BCUT2D eigenvalue weighted by molar-refractivity contribution is 0.321. The second-order valence-electron chi connectivity index (χ2n) is 4.35. The molecular formula is C16H14F2N2O. The summed E-state index contributed by atoms with van der Waals surface area (Å²) in [6.45, 7) is 2.37. The lowest BCUT2D eigenvalue weighted by atomic mass is 10.1. The van der Waals surface area contributed by atoms with Crippen molar-refractivity contribution < 1.29 is 13.5 Å². The molecule has 0 heterocycles. The number of halogens is 2. The van der Waals surface area contributed by atoms with E-state index in [4.69, 9.17) is 10.00 Å². The maximum absolute atomic E-state index is 13.7. The van der Waals surface area contributed by atoms with Crippen LogP contribution >= 0.6 is 0 Å². The lowest BCUT2D eigenvalue weighted by Gasteiger charge is -2.10. The Morgan fingerprint density at radius 1 is 1.14 bits per heavy atom. The highest BCUT2D eigenvalue weighted by Gasteiger charge is 2.06. The number of benzene rings is 2. The number of nitriles is 1. The summed E-state index contributed by atoms with van der Waals surface area (Å²) in [6.07, 6.45) is 0. The predicted molar refractivity (Wildman–Crippen MR) is 76.0 cm³/mol. The number of nitrogens with one attached hydrogen (secondary N) is 1. The molecule has 0 unspecified atom stereocenters. The minimum absolute atomic E-state index is 0.188. The molecule has 0 saturated carbocycles. The first-order valence-corrected chi connectivity index (χ1v) is 6.48. The Bertz CT molecular complexity index is 680. The van der Waals surface area contributed by atoms with E-state index in [1.54, 1.807) is 19.1 Å². The highest BCUT2D eigenvalue weighted by atomic mass is 19.1. The summed E-state index contributed by atoms with van der Waals surface area (Å²) in [6, 6.07) is 10.6. The van der Waals surface area contributed by atoms with Crippen molar-refractivity contribution in [2.45, 2.75) is 13.5 Å². The quantitative estimate of drug-likeness (QED) is 0.909. The van der Waals surface area contributed by atoms with Gasteiger partial charge in [0.1, 0.15) is 5.82 Å². The second kappa shape index (κ2) is 6.71. The van der Waals surface area contributed by atoms with Crippen LogP contribution in [0.5, 0.6) is 5.75 Å². The van der Waals surface area contributed by atoms with Crippen molar-refractivity contribution >= 4 is 5.69 Å². The number of hydrogen-bond acceptors (Lipinski definition) is 3. The van der Waals surface area contributed by atoms with Crippen molar-refractivity contribution in [1.82, 2.24) is 0 Å². The van der Waals surface area contributed by atoms with Gasteiger partial charge in [-0.1, -0.05) is 6.07 Å². The summed E-state index contributed by atoms with van der Waals surface area (Å²) in [7, 11) is 0. The molecule has 0 fully saturated rings. The average Bonchev–Trinajstić information content (AvgIpc) is 2.48. The van der Waals surface area contributed by atoms with Crippen molar-refractivity contribution in [3.05, 3.63) is 59.2 Å². The molecule has 2 aromatic rings. The molecule has 2 rings (SSSR count). The number of ether oxygens (including phenoxy) is 1. The molecule has 0 amide bonds. The first-order chi connectivity index (χ1) is 10.1. The first kappa shape index (κ1) is 14.8. The van der Waals surface area contributed by atoms with E-state index in [0.29, 0.717) is 17.9 Å². The molecule has 2 aromatic carbocycles. The van der Waals surface area contributed by atoms with Crippen LogP contribution in [0.2, 0.25) is 0 Å². The van der Waals surface area contributed by atoms with Gasteiger partial charge in [0.2, 0.25) is 0 Å². The van der Waals surface area contributed by atoms with Gasteiger partial charge in [-0.2, -0.15) is 5.26 Å². The molecule has 0 aromatic heterocycles. The van der Waals surface area contributed by atoms with E-state index >= 15 is 0 Å². The molecule has 1 N–H and O–H groups in total. The van der Waals surface area contributed by atoms with E-state index in [1.807, 2.05) is 6.07 Å². The minimum atomic E-state index is -0.470. The van der Waals surface area contributed by atoms with Gasteiger partial charge < -0.3 is 10.1 Å². The SMILES string of the molecule is CCOc1ccc(NCc2ccc(C#N)cc2F)cc1F. The van der Waals surface area contributed by atoms with Gasteiger partial charge in [0, 0.05) is 23.9 Å². The molecular weight excluding hydrogens is 274 g/mol. The Morgan fingerprint density at radius 3 is 2.57 bits per heavy atom. The molecule has 0 aliphatic carbocycles. The van der Waals surface area contributed by atoms with Crippen LogP contribution in [0.15, 0.2) is 36.4 Å². The molecule has 0 aliphatic rings. The summed E-state index contributed by atoms with van der Waals surface area (Å²) < 4.78 is 32.5. The van der Waals surface area contributed by atoms with Crippen molar-refractivity contribution in [2.75, 3.05) is 11.9 Å². The van der Waals surface area contributed by atoms with E-state index in [1.165, 1.54) is 24.3 Å². The molecule has 0 aliphatic heterocycles. The van der Waals surface area contributed by atoms with Crippen LogP contribution in [0.1, 0.15) is 18.1 Å². The average molecular weight is 288 g/mol. The van der Waals surface area contributed by atoms with Crippen LogP contribution in [0.25, 0.3) is 0 Å². The van der Waals surface area contributed by atoms with Gasteiger partial charge in [-0.3, -0.25) is 0 Å². The standard InChI is InChI=1S/C16H14F2N2O/c1-2-21-16-6-5-13(8-15(16)18)20-10-12-4-3-11(9-19)7-14(12)17/h3-8,20H,2,10H2,1H3. The maximum atomic E-state index is 13.7. The molecule has 0 saturated heterocycles. The van der Waals surface area contributed by atoms with Crippen molar-refractivity contribution in [3.8, 4) is 11.8 Å². The highest BCUT2D eigenvalue weighted by Crippen LogP contribution is 2.22. The van der Waals surface area contributed by atoms with Gasteiger partial charge in [0.25, 0.3) is 0 Å². The van der Waals surface area contributed by atoms with Gasteiger partial charge in [0.05, 0.1) is 18.2 Å². The smallest absolute Gasteiger partial charge is 0.167 e. The number of rotatable bonds is 5. The summed E-state index contributed by atoms with van der Waals surface area (Å²) in [5.41, 5.74) is 1.20. The number of anilines is 1. The van der Waals surface area contributed by atoms with Crippen molar-refractivity contribution in [3.63, 3.8) is 0 Å². The fourth-order valence-corrected chi connectivity index (χ4v) is 1.84. The topological polar surface area (TPSA) is 45.0 Å². The minimum Gasteiger partial charge on any atom is -0.491 e. The fraction of sp³-hybridized carbons (Fsp3) is 0.188. The molecule has 5 heteroatoms. The number of hydrogen-bond donors (Lipinski definition) is 1. The van der Waals surface area contributed by atoms with E-state index in [9.17, 15) is 8.78 Å². The monoisotopic (exact) mass is 288 g/mol. The lowest BCUT2D eigenvalue weighted by Crippen LogP contribution is -2.03. The van der Waals surface area contributed by atoms with Crippen LogP contribution in [-0.2, 0) is 6.54 Å². The van der Waals surface area contributed by atoms with Crippen LogP contribution < -0.4 is 10.1 Å². The van der Waals surface area contributed by atoms with E-state index in [-0.39, 0.29) is 17.9 Å². The predicted octanol–water partition coefficient (Wildman–Crippen LogP) is 3.85. The molecule has 0 radical (unpaired) electrons. The summed E-state index contributed by atoms with van der Waals surface area (Å²) >= 11 is 0. The Balaban J connectivity index is 2.06. The van der Waals surface area contributed by atoms with Gasteiger partial charge in [-0.05, 0) is 31.2 Å². The Labute approximate surface area is 121 Å². The molecule has 0 spiro atoms. The highest BCUT2D eigenvalue weighted by molar-refractivity contribution is 5.48. The zero-order valence-electron chi connectivity index (χ0n) is 11.5. The third kappa shape index (κ3) is 3.69. The summed E-state index contributed by atoms with van der Waals surface area (Å²) in [4.78, 5) is 0. The number of nitrogens with zero attached hydrogens (tertiary/aromatic N) is 1. The third-order valence-corrected chi connectivity index (χ3v) is 2.90. The third-order valence-electron chi connectivity index (χ3n) is 2.90. The normalized spacial score (nSPS) is 10.0. The van der Waals surface area contributed by atoms with Crippen LogP contribution in [-0.4, -0.2) is 6.61 Å². The largest absolute Gasteiger partial charge is 0.491 e. The van der Waals surface area contributed by atoms with Gasteiger partial charge in [-0.25, -0.2) is 8.78 Å². The van der Waals surface area contributed by atoms with Gasteiger partial charge in [0.15, 0.2) is 11.6 Å². The van der Waals surface area contributed by atoms with E-state index in [0.717, 1.165) is 0 Å². The Kier molecular flexibility index (Phi) is 4.72. The van der Waals surface area contributed by atoms with Crippen LogP contribution in [0, 0.1) is 23.0 Å². The van der Waals surface area contributed by atoms with Gasteiger partial charge >= 0.3 is 0 Å². The van der Waals surface area contributed by atoms with Crippen LogP contribution in [0.4, 0.5) is 14.5 Å². The zero-order valence-corrected chi connectivity index (χ0v) is 11.5. The first-order valence-electron chi connectivity index (χ1n) is 6.48. The molecule has 0 atom stereocenters. The summed E-state index contributed by atoms with van der Waals surface area (Å²) in [5.74, 6) is -0.747.